The van der Waals surface area contributed by atoms with Crippen molar-refractivity contribution in [1.29, 1.82) is 0 Å². The maximum Gasteiger partial charge on any atom is 0.242 e. The Labute approximate surface area is 170 Å². The molecule has 2 heterocycles. The Kier molecular flexibility index (Phi) is 6.28. The van der Waals surface area contributed by atoms with Gasteiger partial charge in [0, 0.05) is 30.6 Å². The number of carbonyl (C=O) groups excluding carboxylic acids is 2. The van der Waals surface area contributed by atoms with E-state index < -0.39 is 0 Å². The van der Waals surface area contributed by atoms with Gasteiger partial charge in [0.2, 0.25) is 11.8 Å². The summed E-state index contributed by atoms with van der Waals surface area (Å²) in [6.45, 7) is 7.10. The Balaban J connectivity index is 1.72. The molecule has 1 aromatic carbocycles. The van der Waals surface area contributed by atoms with E-state index in [1.165, 1.54) is 0 Å². The number of hydrogen-bond acceptors (Lipinski definition) is 4. The van der Waals surface area contributed by atoms with Gasteiger partial charge in [-0.15, -0.1) is 0 Å². The summed E-state index contributed by atoms with van der Waals surface area (Å²) in [5.74, 6) is 0.601. The second-order valence-electron chi connectivity index (χ2n) is 7.65. The molecule has 0 aliphatic carbocycles. The van der Waals surface area contributed by atoms with Crippen LogP contribution < -0.4 is 5.32 Å². The van der Waals surface area contributed by atoms with E-state index in [4.69, 9.17) is 12.2 Å². The molecule has 0 radical (unpaired) electrons. The van der Waals surface area contributed by atoms with Gasteiger partial charge in [0.05, 0.1) is 0 Å². The monoisotopic (exact) mass is 401 g/mol. The van der Waals surface area contributed by atoms with Crippen LogP contribution in [0.2, 0.25) is 0 Å². The number of rotatable bonds is 5. The van der Waals surface area contributed by atoms with Gasteiger partial charge in [-0.05, 0) is 38.0 Å². The van der Waals surface area contributed by atoms with Gasteiger partial charge in [0.15, 0.2) is 10.6 Å². The Hall–Kier alpha value is -2.48. The average Bonchev–Trinajstić information content (AvgIpc) is 3.02. The third kappa shape index (κ3) is 4.67. The first-order valence-corrected chi connectivity index (χ1v) is 10.1. The molecule has 0 spiro atoms. The topological polar surface area (TPSA) is 83.0 Å². The highest BCUT2D eigenvalue weighted by Crippen LogP contribution is 2.19. The predicted octanol–water partition coefficient (Wildman–Crippen LogP) is 2.68. The minimum Gasteiger partial charge on any atom is -0.351 e. The second-order valence-corrected chi connectivity index (χ2v) is 8.04. The number of nitrogens with one attached hydrogen (secondary N) is 2. The molecule has 1 saturated heterocycles. The molecule has 3 rings (SSSR count). The van der Waals surface area contributed by atoms with E-state index in [0.717, 1.165) is 24.0 Å². The van der Waals surface area contributed by atoms with Crippen molar-refractivity contribution >= 4 is 24.0 Å². The lowest BCUT2D eigenvalue weighted by molar-refractivity contribution is -0.134. The highest BCUT2D eigenvalue weighted by Gasteiger charge is 2.26. The van der Waals surface area contributed by atoms with Gasteiger partial charge in [-0.3, -0.25) is 19.3 Å². The molecular formula is C20H27N5O2S. The fourth-order valence-corrected chi connectivity index (χ4v) is 3.59. The maximum absolute atomic E-state index is 12.9. The smallest absolute Gasteiger partial charge is 0.242 e. The minimum atomic E-state index is -0.0628. The van der Waals surface area contributed by atoms with E-state index in [2.05, 4.69) is 15.5 Å². The van der Waals surface area contributed by atoms with Gasteiger partial charge >= 0.3 is 0 Å². The molecule has 28 heavy (non-hydrogen) atoms. The van der Waals surface area contributed by atoms with Crippen molar-refractivity contribution in [2.75, 3.05) is 13.1 Å². The first-order valence-electron chi connectivity index (χ1n) is 9.65. The molecule has 1 fully saturated rings. The number of nitrogens with zero attached hydrogens (tertiary/aromatic N) is 3. The molecule has 0 saturated carbocycles. The van der Waals surface area contributed by atoms with Crippen molar-refractivity contribution in [3.8, 4) is 11.4 Å². The van der Waals surface area contributed by atoms with Crippen LogP contribution in [-0.2, 0) is 16.1 Å². The second kappa shape index (κ2) is 8.68. The summed E-state index contributed by atoms with van der Waals surface area (Å²) in [5, 5.41) is 10.2. The molecule has 1 atom stereocenters. The van der Waals surface area contributed by atoms with E-state index in [0.29, 0.717) is 23.7 Å². The normalized spacial score (nSPS) is 17.0. The molecule has 0 bridgehead atoms. The molecule has 2 aromatic rings. The number of H-pyrrole nitrogens is 1. The van der Waals surface area contributed by atoms with Crippen molar-refractivity contribution < 1.29 is 9.59 Å². The van der Waals surface area contributed by atoms with Gasteiger partial charge in [-0.25, -0.2) is 0 Å². The first-order chi connectivity index (χ1) is 13.3. The van der Waals surface area contributed by atoms with Crippen molar-refractivity contribution in [3.63, 3.8) is 0 Å². The molecule has 1 aliphatic heterocycles. The third-order valence-corrected chi connectivity index (χ3v) is 5.28. The Bertz CT molecular complexity index is 917. The van der Waals surface area contributed by atoms with E-state index in [1.54, 1.807) is 4.57 Å². The van der Waals surface area contributed by atoms with E-state index in [9.17, 15) is 9.59 Å². The summed E-state index contributed by atoms with van der Waals surface area (Å²) in [7, 11) is 0. The zero-order valence-corrected chi connectivity index (χ0v) is 17.4. The number of amides is 2. The van der Waals surface area contributed by atoms with Gasteiger partial charge < -0.3 is 10.2 Å². The number of hydrogen-bond donors (Lipinski definition) is 2. The summed E-state index contributed by atoms with van der Waals surface area (Å²) < 4.78 is 2.16. The SMILES string of the molecule is Cc1cccc(-c2n[nH]c(=S)n2CC(=O)N2CCCC(NC(=O)C(C)C)C2)c1. The van der Waals surface area contributed by atoms with Crippen LogP contribution in [-0.4, -0.2) is 50.6 Å². The molecule has 8 heteroatoms. The number of aryl methyl sites for hydroxylation is 1. The molecule has 1 unspecified atom stereocenters. The molecule has 150 valence electrons. The molecule has 2 amide bonds. The van der Waals surface area contributed by atoms with Crippen LogP contribution in [0.25, 0.3) is 11.4 Å². The highest BCUT2D eigenvalue weighted by atomic mass is 32.1. The minimum absolute atomic E-state index is 0.00108. The Morgan fingerprint density at radius 2 is 2.18 bits per heavy atom. The van der Waals surface area contributed by atoms with Crippen LogP contribution in [0.5, 0.6) is 0 Å². The maximum atomic E-state index is 12.9. The summed E-state index contributed by atoms with van der Waals surface area (Å²) in [6, 6.07) is 7.95. The zero-order valence-electron chi connectivity index (χ0n) is 16.6. The number of likely N-dealkylation sites (tertiary alicyclic amines) is 1. The van der Waals surface area contributed by atoms with Crippen molar-refractivity contribution in [2.24, 2.45) is 5.92 Å². The van der Waals surface area contributed by atoms with E-state index in [-0.39, 0.29) is 30.3 Å². The van der Waals surface area contributed by atoms with Crippen molar-refractivity contribution in [1.82, 2.24) is 25.0 Å². The fraction of sp³-hybridized carbons (Fsp3) is 0.500. The summed E-state index contributed by atoms with van der Waals surface area (Å²) in [6.07, 6.45) is 1.76. The fourth-order valence-electron chi connectivity index (χ4n) is 3.39. The van der Waals surface area contributed by atoms with E-state index in [1.807, 2.05) is 49.9 Å². The Morgan fingerprint density at radius 1 is 1.39 bits per heavy atom. The lowest BCUT2D eigenvalue weighted by Gasteiger charge is -2.33. The van der Waals surface area contributed by atoms with Crippen LogP contribution in [0.4, 0.5) is 0 Å². The zero-order chi connectivity index (χ0) is 20.3. The number of benzene rings is 1. The van der Waals surface area contributed by atoms with Crippen LogP contribution in [0.3, 0.4) is 0 Å². The molecule has 7 nitrogen and oxygen atoms in total. The molecule has 1 aromatic heterocycles. The van der Waals surface area contributed by atoms with Crippen LogP contribution in [0.15, 0.2) is 24.3 Å². The van der Waals surface area contributed by atoms with Crippen LogP contribution >= 0.6 is 12.2 Å². The van der Waals surface area contributed by atoms with Gasteiger partial charge in [-0.2, -0.15) is 5.10 Å². The largest absolute Gasteiger partial charge is 0.351 e. The lowest BCUT2D eigenvalue weighted by atomic mass is 10.0. The van der Waals surface area contributed by atoms with Crippen molar-refractivity contribution in [2.45, 2.75) is 46.2 Å². The van der Waals surface area contributed by atoms with Gasteiger partial charge in [0.1, 0.15) is 6.54 Å². The number of aromatic nitrogens is 3. The summed E-state index contributed by atoms with van der Waals surface area (Å²) >= 11 is 5.35. The quantitative estimate of drug-likeness (QED) is 0.755. The summed E-state index contributed by atoms with van der Waals surface area (Å²) in [5.41, 5.74) is 2.03. The first kappa shape index (κ1) is 20.3. The average molecular weight is 402 g/mol. The van der Waals surface area contributed by atoms with Crippen LogP contribution in [0.1, 0.15) is 32.3 Å². The van der Waals surface area contributed by atoms with Crippen LogP contribution in [0, 0.1) is 17.6 Å². The third-order valence-electron chi connectivity index (χ3n) is 4.97. The number of aromatic amines is 1. The van der Waals surface area contributed by atoms with Gasteiger partial charge in [0.25, 0.3) is 0 Å². The molecule has 1 aliphatic rings. The highest BCUT2D eigenvalue weighted by molar-refractivity contribution is 7.71. The number of piperidine rings is 1. The van der Waals surface area contributed by atoms with E-state index >= 15 is 0 Å². The summed E-state index contributed by atoms with van der Waals surface area (Å²) in [4.78, 5) is 26.7. The predicted molar refractivity (Wildman–Crippen MR) is 110 cm³/mol. The van der Waals surface area contributed by atoms with Crippen molar-refractivity contribution in [3.05, 3.63) is 34.6 Å². The molecular weight excluding hydrogens is 374 g/mol. The Morgan fingerprint density at radius 3 is 2.89 bits per heavy atom. The van der Waals surface area contributed by atoms with Gasteiger partial charge in [-0.1, -0.05) is 37.6 Å². The standard InChI is InChI=1S/C20H27N5O2S/c1-13(2)19(27)21-16-8-5-9-24(11-16)17(26)12-25-18(22-23-20(25)28)15-7-4-6-14(3)10-15/h4,6-7,10,13,16H,5,8-9,11-12H2,1-3H3,(H,21,27)(H,23,28). The molecule has 2 N–H and O–H groups in total. The number of carbonyl (C=O) groups is 2. The lowest BCUT2D eigenvalue weighted by Crippen LogP contribution is -2.51.